The van der Waals surface area contributed by atoms with Crippen molar-refractivity contribution in [2.24, 2.45) is 17.3 Å². The molecule has 0 aliphatic rings. The minimum Gasteiger partial charge on any atom is -0.481 e. The van der Waals surface area contributed by atoms with E-state index in [9.17, 15) is 15.2 Å². The van der Waals surface area contributed by atoms with Crippen LogP contribution in [0.3, 0.4) is 0 Å². The molecule has 7 heteroatoms. The maximum absolute atomic E-state index is 12.8. The van der Waals surface area contributed by atoms with Gasteiger partial charge in [-0.25, -0.2) is 4.98 Å². The summed E-state index contributed by atoms with van der Waals surface area (Å²) in [5, 5.41) is 22.2. The fourth-order valence-electron chi connectivity index (χ4n) is 4.44. The molecule has 3 rings (SSSR count). The first-order chi connectivity index (χ1) is 15.7. The number of fused-ring (bicyclic) bond motifs is 1. The molecule has 33 heavy (non-hydrogen) atoms. The molecule has 3 aromatic rings. The van der Waals surface area contributed by atoms with Crippen LogP contribution in [-0.4, -0.2) is 16.1 Å². The molecule has 0 bridgehead atoms. The Kier molecular flexibility index (Phi) is 7.63. The fourth-order valence-corrected chi connectivity index (χ4v) is 4.82. The van der Waals surface area contributed by atoms with E-state index in [4.69, 9.17) is 27.9 Å². The molecule has 5 nitrogen and oxygen atoms in total. The lowest BCUT2D eigenvalue weighted by Crippen LogP contribution is -2.46. The second-order valence-electron chi connectivity index (χ2n) is 8.19. The Morgan fingerprint density at radius 3 is 2.33 bits per heavy atom. The molecule has 0 saturated carbocycles. The topological polar surface area (TPSA) is 83.2 Å². The van der Waals surface area contributed by atoms with Crippen molar-refractivity contribution in [3.05, 3.63) is 76.9 Å². The quantitative estimate of drug-likeness (QED) is 0.363. The number of carboxylic acids is 1. The van der Waals surface area contributed by atoms with E-state index in [-0.39, 0.29) is 4.49 Å². The van der Waals surface area contributed by atoms with Gasteiger partial charge in [-0.15, -0.1) is 0 Å². The Hall–Kier alpha value is -3.07. The normalized spacial score (nSPS) is 14.7. The Labute approximate surface area is 203 Å². The number of hydrogen-bond donors (Lipinski definition) is 1. The van der Waals surface area contributed by atoms with Gasteiger partial charge >= 0.3 is 5.97 Å². The first-order valence-corrected chi connectivity index (χ1v) is 11.3. The summed E-state index contributed by atoms with van der Waals surface area (Å²) in [6.07, 6.45) is 1.46. The number of rotatable bonds is 8. The molecule has 1 N–H and O–H groups in total. The van der Waals surface area contributed by atoms with E-state index in [1.807, 2.05) is 42.5 Å². The van der Waals surface area contributed by atoms with Gasteiger partial charge < -0.3 is 9.84 Å². The van der Waals surface area contributed by atoms with Crippen LogP contribution in [0.2, 0.25) is 0 Å². The molecule has 2 aromatic carbocycles. The number of hydrogen-bond acceptors (Lipinski definition) is 4. The predicted octanol–water partition coefficient (Wildman–Crippen LogP) is 7.32. The maximum Gasteiger partial charge on any atom is 0.312 e. The number of halogens is 2. The zero-order chi connectivity index (χ0) is 24.2. The number of benzene rings is 2. The van der Waals surface area contributed by atoms with E-state index in [0.29, 0.717) is 17.3 Å². The lowest BCUT2D eigenvalue weighted by molar-refractivity contribution is -0.155. The highest BCUT2D eigenvalue weighted by Crippen LogP contribution is 2.50. The van der Waals surface area contributed by atoms with E-state index >= 15 is 0 Å². The molecular weight excluding hydrogens is 459 g/mol. The van der Waals surface area contributed by atoms with Crippen molar-refractivity contribution >= 4 is 39.9 Å². The molecule has 1 heterocycles. The van der Waals surface area contributed by atoms with Crippen molar-refractivity contribution in [1.29, 1.82) is 5.26 Å². The Balaban J connectivity index is 2.26. The average Bonchev–Trinajstić information content (AvgIpc) is 2.76. The molecule has 0 spiro atoms. The molecule has 0 amide bonds. The summed E-state index contributed by atoms with van der Waals surface area (Å²) >= 11 is 11.8. The van der Waals surface area contributed by atoms with Crippen LogP contribution in [0.5, 0.6) is 11.6 Å². The smallest absolute Gasteiger partial charge is 0.312 e. The van der Waals surface area contributed by atoms with Crippen LogP contribution < -0.4 is 4.74 Å². The maximum atomic E-state index is 12.8. The van der Waals surface area contributed by atoms with Crippen molar-refractivity contribution < 1.29 is 14.6 Å². The van der Waals surface area contributed by atoms with E-state index in [1.165, 1.54) is 6.08 Å². The number of pyridine rings is 1. The Morgan fingerprint density at radius 1 is 1.12 bits per heavy atom. The van der Waals surface area contributed by atoms with Crippen LogP contribution >= 0.6 is 23.2 Å². The van der Waals surface area contributed by atoms with Crippen LogP contribution in [0.25, 0.3) is 10.8 Å². The molecule has 170 valence electrons. The van der Waals surface area contributed by atoms with E-state index in [2.05, 4.69) is 11.1 Å². The standard InChI is InChI=1S/C26H24Cl2N2O3/c1-16(2)26(25(31)32,17(3)13-23(27)28)21(15-29)22-14-18-9-7-8-12-20(18)24(30-22)33-19-10-5-4-6-11-19/h4-14,16-17,21H,1-3H3,(H,31,32). The van der Waals surface area contributed by atoms with E-state index in [0.717, 1.165) is 10.8 Å². The number of aromatic nitrogens is 1. The van der Waals surface area contributed by atoms with Crippen molar-refractivity contribution in [2.45, 2.75) is 26.7 Å². The van der Waals surface area contributed by atoms with Gasteiger partial charge in [-0.05, 0) is 41.5 Å². The third-order valence-corrected chi connectivity index (χ3v) is 6.29. The van der Waals surface area contributed by atoms with Crippen molar-refractivity contribution in [3.63, 3.8) is 0 Å². The third-order valence-electron chi connectivity index (χ3n) is 6.04. The lowest BCUT2D eigenvalue weighted by Gasteiger charge is -2.40. The molecule has 3 atom stereocenters. The fraction of sp³-hybridized carbons (Fsp3) is 0.269. The summed E-state index contributed by atoms with van der Waals surface area (Å²) in [5.74, 6) is -2.43. The monoisotopic (exact) mass is 482 g/mol. The van der Waals surface area contributed by atoms with Crippen LogP contribution in [-0.2, 0) is 4.79 Å². The minimum atomic E-state index is -1.54. The van der Waals surface area contributed by atoms with Gasteiger partial charge in [-0.3, -0.25) is 4.79 Å². The summed E-state index contributed by atoms with van der Waals surface area (Å²) < 4.78 is 6.01. The van der Waals surface area contributed by atoms with Gasteiger partial charge in [0.1, 0.15) is 16.2 Å². The second-order valence-corrected chi connectivity index (χ2v) is 9.20. The highest BCUT2D eigenvalue weighted by Gasteiger charge is 2.53. The number of aliphatic carboxylic acids is 1. The van der Waals surface area contributed by atoms with Crippen LogP contribution in [0, 0.1) is 28.6 Å². The van der Waals surface area contributed by atoms with Crippen LogP contribution in [0.1, 0.15) is 32.4 Å². The summed E-state index contributed by atoms with van der Waals surface area (Å²) in [5.41, 5.74) is -1.23. The minimum absolute atomic E-state index is 0.0509. The molecular formula is C26H24Cl2N2O3. The van der Waals surface area contributed by atoms with Gasteiger partial charge in [0.2, 0.25) is 5.88 Å². The van der Waals surface area contributed by atoms with Crippen molar-refractivity contribution in [1.82, 2.24) is 4.98 Å². The SMILES string of the molecule is CC(C)C(C(=O)O)(C(C)C=C(Cl)Cl)C(C#N)c1cc2ccccc2c(Oc2ccccc2)n1. The zero-order valence-electron chi connectivity index (χ0n) is 18.5. The lowest BCUT2D eigenvalue weighted by atomic mass is 9.60. The number of carboxylic acid groups (broad SMARTS) is 1. The summed E-state index contributed by atoms with van der Waals surface area (Å²) in [6.45, 7) is 5.24. The van der Waals surface area contributed by atoms with E-state index < -0.39 is 29.1 Å². The first-order valence-electron chi connectivity index (χ1n) is 10.5. The summed E-state index contributed by atoms with van der Waals surface area (Å²) in [7, 11) is 0. The van der Waals surface area contributed by atoms with Crippen LogP contribution in [0.15, 0.2) is 71.2 Å². The van der Waals surface area contributed by atoms with Crippen LogP contribution in [0.4, 0.5) is 0 Å². The Bertz CT molecular complexity index is 1220. The molecule has 0 saturated heterocycles. The largest absolute Gasteiger partial charge is 0.481 e. The first kappa shape index (κ1) is 24.6. The molecule has 3 unspecified atom stereocenters. The predicted molar refractivity (Wildman–Crippen MR) is 130 cm³/mol. The molecule has 0 fully saturated rings. The number of para-hydroxylation sites is 1. The van der Waals surface area contributed by atoms with Gasteiger partial charge in [-0.1, -0.05) is 86.4 Å². The van der Waals surface area contributed by atoms with Gasteiger partial charge in [0.25, 0.3) is 0 Å². The number of carbonyl (C=O) groups is 1. The van der Waals surface area contributed by atoms with E-state index in [1.54, 1.807) is 39.0 Å². The van der Waals surface area contributed by atoms with Crippen molar-refractivity contribution in [3.8, 4) is 17.7 Å². The zero-order valence-corrected chi connectivity index (χ0v) is 20.0. The Morgan fingerprint density at radius 2 is 1.76 bits per heavy atom. The second kappa shape index (κ2) is 10.2. The molecule has 0 aliphatic carbocycles. The molecule has 0 radical (unpaired) electrons. The molecule has 1 aromatic heterocycles. The van der Waals surface area contributed by atoms with Gasteiger partial charge in [0, 0.05) is 5.39 Å². The number of allylic oxidation sites excluding steroid dienone is 1. The highest BCUT2D eigenvalue weighted by atomic mass is 35.5. The number of nitriles is 1. The van der Waals surface area contributed by atoms with Gasteiger partial charge in [0.15, 0.2) is 0 Å². The summed E-state index contributed by atoms with van der Waals surface area (Å²) in [6, 6.07) is 20.6. The third kappa shape index (κ3) is 4.83. The highest BCUT2D eigenvalue weighted by molar-refractivity contribution is 6.55. The van der Waals surface area contributed by atoms with Gasteiger partial charge in [-0.2, -0.15) is 5.26 Å². The summed E-state index contributed by atoms with van der Waals surface area (Å²) in [4.78, 5) is 17.4. The van der Waals surface area contributed by atoms with Crippen molar-refractivity contribution in [2.75, 3.05) is 0 Å². The average molecular weight is 483 g/mol. The molecule has 0 aliphatic heterocycles. The number of nitrogens with zero attached hydrogens (tertiary/aromatic N) is 2. The van der Waals surface area contributed by atoms with Gasteiger partial charge in [0.05, 0.1) is 17.2 Å². The number of ether oxygens (including phenoxy) is 1.